The van der Waals surface area contributed by atoms with Crippen LogP contribution in [0.1, 0.15) is 27.7 Å². The second-order valence-electron chi connectivity index (χ2n) is 7.52. The van der Waals surface area contributed by atoms with Crippen molar-refractivity contribution in [1.29, 1.82) is 0 Å². The Labute approximate surface area is 225 Å². The predicted octanol–water partition coefficient (Wildman–Crippen LogP) is 4.96. The summed E-state index contributed by atoms with van der Waals surface area (Å²) in [5.74, 6) is 0.876. The van der Waals surface area contributed by atoms with Crippen LogP contribution in [0, 0.1) is 0 Å². The van der Waals surface area contributed by atoms with E-state index >= 15 is 0 Å². The number of rotatable bonds is 21. The van der Waals surface area contributed by atoms with Gasteiger partial charge in [-0.3, -0.25) is 9.13 Å². The minimum Gasteiger partial charge on any atom is -0.490 e. The molecule has 0 unspecified atom stereocenters. The van der Waals surface area contributed by atoms with E-state index in [0.717, 1.165) is 0 Å². The highest BCUT2D eigenvalue weighted by atomic mass is 31.2. The Hall–Kier alpha value is -1.74. The van der Waals surface area contributed by atoms with Crippen molar-refractivity contribution in [1.82, 2.24) is 0 Å². The molecule has 0 aliphatic carbocycles. The molecule has 0 saturated carbocycles. The van der Waals surface area contributed by atoms with Crippen molar-refractivity contribution in [3.05, 3.63) is 48.5 Å². The van der Waals surface area contributed by atoms with Crippen LogP contribution < -0.4 is 20.1 Å². The minimum absolute atomic E-state index is 0.258. The molecule has 0 N–H and O–H groups in total. The van der Waals surface area contributed by atoms with Gasteiger partial charge in [0.15, 0.2) is 0 Å². The maximum absolute atomic E-state index is 13.1. The summed E-state index contributed by atoms with van der Waals surface area (Å²) in [6.45, 7) is 9.96. The molecule has 0 atom stereocenters. The van der Waals surface area contributed by atoms with Gasteiger partial charge in [0.05, 0.1) is 52.9 Å². The molecule has 214 valence electrons. The van der Waals surface area contributed by atoms with Crippen LogP contribution >= 0.6 is 15.2 Å². The lowest BCUT2D eigenvalue weighted by Crippen LogP contribution is -2.18. The summed E-state index contributed by atoms with van der Waals surface area (Å²) in [7, 11) is -6.91. The van der Waals surface area contributed by atoms with Gasteiger partial charge in [0.2, 0.25) is 0 Å². The molecule has 2 rings (SSSR count). The van der Waals surface area contributed by atoms with Gasteiger partial charge in [0, 0.05) is 0 Å². The quantitative estimate of drug-likeness (QED) is 0.150. The maximum Gasteiger partial charge on any atom is 0.365 e. The minimum atomic E-state index is -3.46. The Kier molecular flexibility index (Phi) is 15.2. The number of hydrogen-bond acceptors (Lipinski definition) is 10. The Bertz CT molecular complexity index is 931. The highest BCUT2D eigenvalue weighted by Gasteiger charge is 2.31. The van der Waals surface area contributed by atoms with Crippen LogP contribution in [0.5, 0.6) is 11.5 Å². The van der Waals surface area contributed by atoms with E-state index in [2.05, 4.69) is 0 Å². The number of para-hydroxylation sites is 2. The third-order valence-corrected chi connectivity index (χ3v) is 9.17. The van der Waals surface area contributed by atoms with Crippen LogP contribution in [0.3, 0.4) is 0 Å². The maximum atomic E-state index is 13.1. The number of ether oxygens (including phenoxy) is 4. The van der Waals surface area contributed by atoms with Crippen LogP contribution in [-0.4, -0.2) is 66.1 Å². The summed E-state index contributed by atoms with van der Waals surface area (Å²) in [6, 6.07) is 13.9. The van der Waals surface area contributed by atoms with Crippen molar-refractivity contribution in [2.45, 2.75) is 27.7 Å². The standard InChI is InChI=1S/C26H40O10P2/c1-5-33-37(27,34-6-2)25-15-11-9-13-23(25)31-21-19-29-17-18-30-20-22-32-24-14-10-12-16-26(24)38(28,35-7-3)36-8-4/h9-16H,5-8,17-22H2,1-4H3. The Morgan fingerprint density at radius 1 is 0.500 bits per heavy atom. The summed E-state index contributed by atoms with van der Waals surface area (Å²) in [5.41, 5.74) is 0. The first-order chi connectivity index (χ1) is 18.4. The van der Waals surface area contributed by atoms with Gasteiger partial charge in [-0.1, -0.05) is 24.3 Å². The second-order valence-corrected chi connectivity index (χ2v) is 11.5. The molecule has 0 saturated heterocycles. The fourth-order valence-corrected chi connectivity index (χ4v) is 6.81. The van der Waals surface area contributed by atoms with E-state index in [4.69, 9.17) is 37.0 Å². The average molecular weight is 575 g/mol. The first-order valence-electron chi connectivity index (χ1n) is 12.8. The molecule has 0 fully saturated rings. The van der Waals surface area contributed by atoms with Crippen LogP contribution in [-0.2, 0) is 36.7 Å². The molecule has 2 aromatic carbocycles. The van der Waals surface area contributed by atoms with Crippen LogP contribution in [0.4, 0.5) is 0 Å². The summed E-state index contributed by atoms with van der Waals surface area (Å²) < 4.78 is 70.6. The third kappa shape index (κ3) is 10.1. The first-order valence-corrected chi connectivity index (χ1v) is 15.9. The fraction of sp³-hybridized carbons (Fsp3) is 0.538. The summed E-state index contributed by atoms with van der Waals surface area (Å²) in [6.07, 6.45) is 0. The molecule has 0 radical (unpaired) electrons. The SMILES string of the molecule is CCOP(=O)(OCC)c1ccccc1OCCOCCOCCOc1ccccc1P(=O)(OCC)OCC. The highest BCUT2D eigenvalue weighted by Crippen LogP contribution is 2.50. The van der Waals surface area contributed by atoms with Gasteiger partial charge in [-0.25, -0.2) is 0 Å². The van der Waals surface area contributed by atoms with Crippen molar-refractivity contribution in [2.75, 3.05) is 66.1 Å². The van der Waals surface area contributed by atoms with E-state index in [-0.39, 0.29) is 39.6 Å². The predicted molar refractivity (Wildman–Crippen MR) is 146 cm³/mol. The molecule has 0 aliphatic heterocycles. The largest absolute Gasteiger partial charge is 0.490 e. The smallest absolute Gasteiger partial charge is 0.365 e. The van der Waals surface area contributed by atoms with Crippen LogP contribution in [0.25, 0.3) is 0 Å². The van der Waals surface area contributed by atoms with Crippen molar-refractivity contribution in [3.63, 3.8) is 0 Å². The van der Waals surface area contributed by atoms with E-state index in [9.17, 15) is 9.13 Å². The zero-order valence-corrected chi connectivity index (χ0v) is 24.5. The van der Waals surface area contributed by atoms with E-state index < -0.39 is 15.2 Å². The molecular formula is C26H40O10P2. The van der Waals surface area contributed by atoms with Crippen molar-refractivity contribution >= 4 is 25.8 Å². The van der Waals surface area contributed by atoms with Gasteiger partial charge in [-0.05, 0) is 52.0 Å². The summed E-state index contributed by atoms with van der Waals surface area (Å²) >= 11 is 0. The highest BCUT2D eigenvalue weighted by molar-refractivity contribution is 7.62. The summed E-state index contributed by atoms with van der Waals surface area (Å²) in [5, 5.41) is 0.792. The molecule has 38 heavy (non-hydrogen) atoms. The lowest BCUT2D eigenvalue weighted by molar-refractivity contribution is 0.0275. The average Bonchev–Trinajstić information content (AvgIpc) is 2.91. The Balaban J connectivity index is 1.70. The van der Waals surface area contributed by atoms with E-state index in [1.165, 1.54) is 0 Å². The Morgan fingerprint density at radius 3 is 1.16 bits per heavy atom. The van der Waals surface area contributed by atoms with Crippen LogP contribution in [0.15, 0.2) is 48.5 Å². The molecule has 0 spiro atoms. The van der Waals surface area contributed by atoms with Gasteiger partial charge in [0.1, 0.15) is 35.3 Å². The normalized spacial score (nSPS) is 12.0. The molecule has 12 heteroatoms. The monoisotopic (exact) mass is 574 g/mol. The molecular weight excluding hydrogens is 534 g/mol. The molecule has 0 bridgehead atoms. The van der Waals surface area contributed by atoms with E-state index in [0.29, 0.717) is 48.5 Å². The van der Waals surface area contributed by atoms with Crippen molar-refractivity contribution in [3.8, 4) is 11.5 Å². The molecule has 0 aliphatic rings. The number of hydrogen-bond donors (Lipinski definition) is 0. The first kappa shape index (κ1) is 32.5. The van der Waals surface area contributed by atoms with Gasteiger partial charge >= 0.3 is 15.2 Å². The second kappa shape index (κ2) is 17.8. The van der Waals surface area contributed by atoms with Gasteiger partial charge in [-0.15, -0.1) is 0 Å². The van der Waals surface area contributed by atoms with E-state index in [1.807, 2.05) is 0 Å². The molecule has 2 aromatic rings. The summed E-state index contributed by atoms with van der Waals surface area (Å²) in [4.78, 5) is 0. The zero-order valence-electron chi connectivity index (χ0n) is 22.7. The van der Waals surface area contributed by atoms with Gasteiger partial charge in [0.25, 0.3) is 0 Å². The number of benzene rings is 2. The lowest BCUT2D eigenvalue weighted by atomic mass is 10.3. The van der Waals surface area contributed by atoms with Gasteiger partial charge in [-0.2, -0.15) is 0 Å². The topological polar surface area (TPSA) is 108 Å². The Morgan fingerprint density at radius 2 is 0.816 bits per heavy atom. The molecule has 10 nitrogen and oxygen atoms in total. The van der Waals surface area contributed by atoms with Crippen LogP contribution in [0.2, 0.25) is 0 Å². The van der Waals surface area contributed by atoms with Crippen molar-refractivity contribution in [2.24, 2.45) is 0 Å². The van der Waals surface area contributed by atoms with Gasteiger partial charge < -0.3 is 37.0 Å². The fourth-order valence-electron chi connectivity index (χ4n) is 3.39. The van der Waals surface area contributed by atoms with E-state index in [1.54, 1.807) is 76.2 Å². The van der Waals surface area contributed by atoms with Crippen molar-refractivity contribution < 1.29 is 46.2 Å². The third-order valence-electron chi connectivity index (χ3n) is 4.86. The molecule has 0 heterocycles. The lowest BCUT2D eigenvalue weighted by Gasteiger charge is -2.20. The molecule has 0 aromatic heterocycles. The molecule has 0 amide bonds. The zero-order chi connectivity index (χ0) is 27.7.